The van der Waals surface area contributed by atoms with Crippen LogP contribution in [0, 0.1) is 10.1 Å². The summed E-state index contributed by atoms with van der Waals surface area (Å²) in [5.74, 6) is 0.581. The van der Waals surface area contributed by atoms with Crippen LogP contribution >= 0.6 is 15.9 Å². The summed E-state index contributed by atoms with van der Waals surface area (Å²) < 4.78 is 7.79. The maximum absolute atomic E-state index is 11.3. The van der Waals surface area contributed by atoms with Crippen LogP contribution < -0.4 is 4.74 Å². The van der Waals surface area contributed by atoms with Crippen LogP contribution in [0.2, 0.25) is 0 Å². The number of hydrogen-bond acceptors (Lipinski definition) is 4. The van der Waals surface area contributed by atoms with E-state index >= 15 is 0 Å². The second-order valence-corrected chi connectivity index (χ2v) is 5.46. The molecule has 0 aliphatic rings. The summed E-state index contributed by atoms with van der Waals surface area (Å²) in [6.07, 6.45) is 0. The summed E-state index contributed by atoms with van der Waals surface area (Å²) in [7, 11) is 1.63. The van der Waals surface area contributed by atoms with Crippen molar-refractivity contribution in [2.45, 2.75) is 19.8 Å². The first kappa shape index (κ1) is 14.5. The molecule has 2 aromatic rings. The molecule has 20 heavy (non-hydrogen) atoms. The standard InChI is InChI=1S/C13H14BrN3O3/c1-8(2)11-12(17(18)19)13(16(3)15-11)20-10-7-5-4-6-9(10)14/h4-8H,1-3H3. The van der Waals surface area contributed by atoms with E-state index in [0.29, 0.717) is 11.4 Å². The summed E-state index contributed by atoms with van der Waals surface area (Å²) in [6, 6.07) is 7.18. The molecule has 0 saturated heterocycles. The maximum atomic E-state index is 11.3. The summed E-state index contributed by atoms with van der Waals surface area (Å²) in [5, 5.41) is 15.5. The van der Waals surface area contributed by atoms with Crippen LogP contribution in [-0.2, 0) is 7.05 Å². The molecule has 0 N–H and O–H groups in total. The molecule has 7 heteroatoms. The SMILES string of the molecule is CC(C)c1nn(C)c(Oc2ccccc2Br)c1[N+](=O)[O-]. The van der Waals surface area contributed by atoms with E-state index in [1.807, 2.05) is 19.9 Å². The molecule has 0 bridgehead atoms. The molecular formula is C13H14BrN3O3. The lowest BCUT2D eigenvalue weighted by atomic mass is 10.1. The highest BCUT2D eigenvalue weighted by Gasteiger charge is 2.30. The molecule has 0 saturated carbocycles. The third kappa shape index (κ3) is 2.67. The van der Waals surface area contributed by atoms with Crippen molar-refractivity contribution in [3.63, 3.8) is 0 Å². The Bertz CT molecular complexity index is 652. The fourth-order valence-corrected chi connectivity index (χ4v) is 2.19. The van der Waals surface area contributed by atoms with E-state index in [2.05, 4.69) is 21.0 Å². The van der Waals surface area contributed by atoms with Gasteiger partial charge in [-0.15, -0.1) is 0 Å². The number of aryl methyl sites for hydroxylation is 1. The molecule has 1 aromatic carbocycles. The van der Waals surface area contributed by atoms with E-state index in [1.54, 1.807) is 25.2 Å². The van der Waals surface area contributed by atoms with Crippen molar-refractivity contribution >= 4 is 21.6 Å². The number of para-hydroxylation sites is 1. The van der Waals surface area contributed by atoms with Crippen LogP contribution in [0.15, 0.2) is 28.7 Å². The van der Waals surface area contributed by atoms with Crippen molar-refractivity contribution in [1.82, 2.24) is 9.78 Å². The highest BCUT2D eigenvalue weighted by atomic mass is 79.9. The number of hydrogen-bond donors (Lipinski definition) is 0. The predicted octanol–water partition coefficient (Wildman–Crippen LogP) is 4.01. The third-order valence-electron chi connectivity index (χ3n) is 2.77. The van der Waals surface area contributed by atoms with Gasteiger partial charge in [-0.1, -0.05) is 26.0 Å². The van der Waals surface area contributed by atoms with E-state index in [9.17, 15) is 10.1 Å². The minimum absolute atomic E-state index is 0.0573. The number of ether oxygens (including phenoxy) is 1. The van der Waals surface area contributed by atoms with Crippen LogP contribution in [0.3, 0.4) is 0 Å². The molecule has 0 aliphatic carbocycles. The fraction of sp³-hybridized carbons (Fsp3) is 0.308. The van der Waals surface area contributed by atoms with E-state index in [0.717, 1.165) is 4.47 Å². The molecule has 0 fully saturated rings. The van der Waals surface area contributed by atoms with Gasteiger partial charge in [-0.2, -0.15) is 5.10 Å². The molecule has 0 aliphatic heterocycles. The number of aromatic nitrogens is 2. The molecular weight excluding hydrogens is 326 g/mol. The van der Waals surface area contributed by atoms with E-state index in [-0.39, 0.29) is 17.5 Å². The topological polar surface area (TPSA) is 70.2 Å². The van der Waals surface area contributed by atoms with Gasteiger partial charge in [0.2, 0.25) is 0 Å². The number of nitro groups is 1. The molecule has 0 radical (unpaired) electrons. The van der Waals surface area contributed by atoms with Gasteiger partial charge in [0.05, 0.1) is 9.40 Å². The summed E-state index contributed by atoms with van der Waals surface area (Å²) >= 11 is 3.35. The maximum Gasteiger partial charge on any atom is 0.354 e. The van der Waals surface area contributed by atoms with E-state index < -0.39 is 4.92 Å². The van der Waals surface area contributed by atoms with Gasteiger partial charge >= 0.3 is 5.69 Å². The molecule has 0 atom stereocenters. The lowest BCUT2D eigenvalue weighted by molar-refractivity contribution is -0.386. The second-order valence-electron chi connectivity index (χ2n) is 4.61. The molecule has 106 valence electrons. The number of benzene rings is 1. The highest BCUT2D eigenvalue weighted by molar-refractivity contribution is 9.10. The fourth-order valence-electron chi connectivity index (χ4n) is 1.82. The van der Waals surface area contributed by atoms with Crippen molar-refractivity contribution in [2.24, 2.45) is 7.05 Å². The Labute approximate surface area is 124 Å². The number of rotatable bonds is 4. The molecule has 2 rings (SSSR count). The second kappa shape index (κ2) is 5.62. The lowest BCUT2D eigenvalue weighted by Crippen LogP contribution is -1.98. The molecule has 6 nitrogen and oxygen atoms in total. The van der Waals surface area contributed by atoms with Crippen molar-refractivity contribution < 1.29 is 9.66 Å². The summed E-state index contributed by atoms with van der Waals surface area (Å²) in [4.78, 5) is 10.8. The van der Waals surface area contributed by atoms with Crippen molar-refractivity contribution in [3.8, 4) is 11.6 Å². The van der Waals surface area contributed by atoms with Gasteiger partial charge in [-0.25, -0.2) is 4.68 Å². The first-order valence-corrected chi connectivity index (χ1v) is 6.84. The van der Waals surface area contributed by atoms with Crippen LogP contribution in [0.1, 0.15) is 25.5 Å². The molecule has 1 heterocycles. The zero-order chi connectivity index (χ0) is 14.9. The predicted molar refractivity (Wildman–Crippen MR) is 78.2 cm³/mol. The quantitative estimate of drug-likeness (QED) is 0.623. The molecule has 1 aromatic heterocycles. The minimum atomic E-state index is -0.450. The molecule has 0 amide bonds. The van der Waals surface area contributed by atoms with Crippen molar-refractivity contribution in [1.29, 1.82) is 0 Å². The largest absolute Gasteiger partial charge is 0.433 e. The minimum Gasteiger partial charge on any atom is -0.433 e. The Hall–Kier alpha value is -1.89. The van der Waals surface area contributed by atoms with Crippen molar-refractivity contribution in [2.75, 3.05) is 0 Å². The third-order valence-corrected chi connectivity index (χ3v) is 3.42. The smallest absolute Gasteiger partial charge is 0.354 e. The van der Waals surface area contributed by atoms with Gasteiger partial charge in [-0.05, 0) is 28.1 Å². The first-order valence-electron chi connectivity index (χ1n) is 6.05. The molecule has 0 spiro atoms. The zero-order valence-electron chi connectivity index (χ0n) is 11.3. The Balaban J connectivity index is 2.52. The van der Waals surface area contributed by atoms with Crippen LogP contribution in [-0.4, -0.2) is 14.7 Å². The lowest BCUT2D eigenvalue weighted by Gasteiger charge is -2.06. The van der Waals surface area contributed by atoms with Gasteiger partial charge in [0.25, 0.3) is 5.88 Å². The average Bonchev–Trinajstić information content (AvgIpc) is 2.70. The Morgan fingerprint density at radius 3 is 2.60 bits per heavy atom. The normalized spacial score (nSPS) is 10.8. The molecule has 0 unspecified atom stereocenters. The first-order chi connectivity index (χ1) is 9.41. The summed E-state index contributed by atoms with van der Waals surface area (Å²) in [5.41, 5.74) is 0.331. The zero-order valence-corrected chi connectivity index (χ0v) is 12.9. The van der Waals surface area contributed by atoms with Gasteiger partial charge in [0, 0.05) is 13.0 Å². The van der Waals surface area contributed by atoms with Gasteiger partial charge < -0.3 is 4.74 Å². The van der Waals surface area contributed by atoms with Crippen LogP contribution in [0.4, 0.5) is 5.69 Å². The van der Waals surface area contributed by atoms with Gasteiger partial charge in [-0.3, -0.25) is 10.1 Å². The monoisotopic (exact) mass is 339 g/mol. The van der Waals surface area contributed by atoms with Crippen molar-refractivity contribution in [3.05, 3.63) is 44.5 Å². The highest BCUT2D eigenvalue weighted by Crippen LogP contribution is 2.38. The van der Waals surface area contributed by atoms with E-state index in [1.165, 1.54) is 4.68 Å². The average molecular weight is 340 g/mol. The number of nitrogens with zero attached hydrogens (tertiary/aromatic N) is 3. The van der Waals surface area contributed by atoms with Crippen LogP contribution in [0.25, 0.3) is 0 Å². The number of halogens is 1. The van der Waals surface area contributed by atoms with Gasteiger partial charge in [0.1, 0.15) is 11.4 Å². The Morgan fingerprint density at radius 1 is 1.40 bits per heavy atom. The Morgan fingerprint density at radius 2 is 2.05 bits per heavy atom. The summed E-state index contributed by atoms with van der Waals surface area (Å²) in [6.45, 7) is 3.72. The Kier molecular flexibility index (Phi) is 4.08. The van der Waals surface area contributed by atoms with Gasteiger partial charge in [0.15, 0.2) is 0 Å². The van der Waals surface area contributed by atoms with Crippen LogP contribution in [0.5, 0.6) is 11.6 Å². The van der Waals surface area contributed by atoms with E-state index in [4.69, 9.17) is 4.74 Å².